The molecule has 0 aliphatic rings. The summed E-state index contributed by atoms with van der Waals surface area (Å²) >= 11 is 5.82. The maximum absolute atomic E-state index is 13.9. The van der Waals surface area contributed by atoms with Gasteiger partial charge in [0.15, 0.2) is 0 Å². The van der Waals surface area contributed by atoms with Gasteiger partial charge in [-0.05, 0) is 25.1 Å². The third-order valence-electron chi connectivity index (χ3n) is 3.40. The van der Waals surface area contributed by atoms with Crippen LogP contribution in [-0.2, 0) is 18.4 Å². The van der Waals surface area contributed by atoms with Gasteiger partial charge >= 0.3 is 0 Å². The number of benzene rings is 1. The third-order valence-corrected chi connectivity index (χ3v) is 3.80. The molecule has 0 saturated heterocycles. The van der Waals surface area contributed by atoms with E-state index in [1.807, 2.05) is 0 Å². The normalized spacial score (nSPS) is 10.6. The molecule has 0 radical (unpaired) electrons. The van der Waals surface area contributed by atoms with Crippen LogP contribution in [0, 0.1) is 18.6 Å². The van der Waals surface area contributed by atoms with Crippen LogP contribution in [0.15, 0.2) is 31.0 Å². The van der Waals surface area contributed by atoms with Crippen molar-refractivity contribution in [2.45, 2.75) is 13.5 Å². The number of amides is 1. The van der Waals surface area contributed by atoms with Crippen molar-refractivity contribution in [2.24, 2.45) is 7.05 Å². The largest absolute Gasteiger partial charge is 0.301 e. The zero-order chi connectivity index (χ0) is 16.4. The van der Waals surface area contributed by atoms with Crippen LogP contribution in [-0.4, -0.2) is 15.7 Å². The number of anilines is 1. The average Bonchev–Trinajstić information content (AvgIpc) is 2.83. The first-order valence-electron chi connectivity index (χ1n) is 6.41. The van der Waals surface area contributed by atoms with E-state index in [0.29, 0.717) is 11.4 Å². The number of hydrogen-bond donors (Lipinski definition) is 0. The third kappa shape index (κ3) is 2.87. The van der Waals surface area contributed by atoms with Gasteiger partial charge in [0.05, 0.1) is 29.1 Å². The second-order valence-corrected chi connectivity index (χ2v) is 5.07. The predicted octanol–water partition coefficient (Wildman–Crippen LogP) is 3.38. The maximum atomic E-state index is 13.9. The van der Waals surface area contributed by atoms with Crippen molar-refractivity contribution in [3.05, 3.63) is 58.9 Å². The Labute approximate surface area is 131 Å². The van der Waals surface area contributed by atoms with Crippen molar-refractivity contribution in [2.75, 3.05) is 4.90 Å². The summed E-state index contributed by atoms with van der Waals surface area (Å²) in [7, 11) is 1.71. The molecule has 0 aliphatic heterocycles. The molecule has 0 unspecified atom stereocenters. The number of carbonyl (C=O) groups is 1. The molecule has 2 aromatic rings. The second-order valence-electron chi connectivity index (χ2n) is 4.69. The zero-order valence-electron chi connectivity index (χ0n) is 12.1. The Hall–Kier alpha value is -2.21. The summed E-state index contributed by atoms with van der Waals surface area (Å²) in [5.41, 5.74) is 1.08. The van der Waals surface area contributed by atoms with Crippen LogP contribution in [0.1, 0.15) is 11.3 Å². The van der Waals surface area contributed by atoms with E-state index in [2.05, 4.69) is 11.7 Å². The molecule has 4 nitrogen and oxygen atoms in total. The van der Waals surface area contributed by atoms with Gasteiger partial charge in [0.1, 0.15) is 11.6 Å². The smallest absolute Gasteiger partial charge is 0.250 e. The molecule has 1 heterocycles. The van der Waals surface area contributed by atoms with Gasteiger partial charge in [-0.15, -0.1) is 0 Å². The Kier molecular flexibility index (Phi) is 4.61. The van der Waals surface area contributed by atoms with Crippen molar-refractivity contribution in [3.63, 3.8) is 0 Å². The Bertz CT molecular complexity index is 743. The SMILES string of the molecule is C=CC(=O)N(Cc1c(F)ccc(F)c1Cl)c1cnn(C)c1C. The standard InChI is InChI=1S/C15H14ClF2N3O/c1-4-14(22)21(13-7-19-20(3)9(13)2)8-10-11(17)5-6-12(18)15(10)16/h4-7H,1,8H2,2-3H3. The summed E-state index contributed by atoms with van der Waals surface area (Å²) in [6.07, 6.45) is 2.57. The summed E-state index contributed by atoms with van der Waals surface area (Å²) in [4.78, 5) is 13.3. The first-order chi connectivity index (χ1) is 10.4. The molecule has 0 N–H and O–H groups in total. The first kappa shape index (κ1) is 16.2. The monoisotopic (exact) mass is 325 g/mol. The first-order valence-corrected chi connectivity index (χ1v) is 6.79. The minimum atomic E-state index is -0.744. The molecule has 0 fully saturated rings. The van der Waals surface area contributed by atoms with E-state index in [-0.39, 0.29) is 17.1 Å². The summed E-state index contributed by atoms with van der Waals surface area (Å²) in [6.45, 7) is 4.97. The fourth-order valence-corrected chi connectivity index (χ4v) is 2.23. The topological polar surface area (TPSA) is 38.1 Å². The van der Waals surface area contributed by atoms with Crippen LogP contribution < -0.4 is 4.90 Å². The van der Waals surface area contributed by atoms with Gasteiger partial charge in [-0.2, -0.15) is 5.10 Å². The Balaban J connectivity index is 2.49. The van der Waals surface area contributed by atoms with Crippen LogP contribution in [0.4, 0.5) is 14.5 Å². The summed E-state index contributed by atoms with van der Waals surface area (Å²) < 4.78 is 29.1. The number of hydrogen-bond acceptors (Lipinski definition) is 2. The summed E-state index contributed by atoms with van der Waals surface area (Å²) in [5, 5.41) is 3.70. The molecule has 7 heteroatoms. The molecular formula is C15H14ClF2N3O. The van der Waals surface area contributed by atoms with Gasteiger partial charge in [-0.1, -0.05) is 18.2 Å². The molecule has 2 rings (SSSR count). The van der Waals surface area contributed by atoms with E-state index < -0.39 is 17.5 Å². The molecule has 0 atom stereocenters. The highest BCUT2D eigenvalue weighted by Crippen LogP contribution is 2.28. The van der Waals surface area contributed by atoms with Gasteiger partial charge in [-0.3, -0.25) is 9.48 Å². The fraction of sp³-hybridized carbons (Fsp3) is 0.200. The summed E-state index contributed by atoms with van der Waals surface area (Å²) in [5.74, 6) is -1.89. The molecule has 1 amide bonds. The lowest BCUT2D eigenvalue weighted by Crippen LogP contribution is -2.29. The quantitative estimate of drug-likeness (QED) is 0.638. The van der Waals surface area contributed by atoms with Gasteiger partial charge in [0.2, 0.25) is 0 Å². The van der Waals surface area contributed by atoms with Gasteiger partial charge < -0.3 is 4.90 Å². The highest BCUT2D eigenvalue weighted by atomic mass is 35.5. The van der Waals surface area contributed by atoms with Gasteiger partial charge in [0, 0.05) is 12.6 Å². The number of nitrogens with zero attached hydrogens (tertiary/aromatic N) is 3. The van der Waals surface area contributed by atoms with Gasteiger partial charge in [-0.25, -0.2) is 8.78 Å². The zero-order valence-corrected chi connectivity index (χ0v) is 12.9. The van der Waals surface area contributed by atoms with Crippen LogP contribution in [0.2, 0.25) is 5.02 Å². The van der Waals surface area contributed by atoms with E-state index in [0.717, 1.165) is 18.2 Å². The highest BCUT2D eigenvalue weighted by molar-refractivity contribution is 6.31. The summed E-state index contributed by atoms with van der Waals surface area (Å²) in [6, 6.07) is 1.92. The average molecular weight is 326 g/mol. The minimum absolute atomic E-state index is 0.0971. The molecule has 1 aromatic carbocycles. The molecule has 0 saturated carbocycles. The van der Waals surface area contributed by atoms with Crippen LogP contribution in [0.5, 0.6) is 0 Å². The molecule has 0 bridgehead atoms. The Morgan fingerprint density at radius 2 is 2.09 bits per heavy atom. The fourth-order valence-electron chi connectivity index (χ4n) is 2.02. The van der Waals surface area contributed by atoms with Crippen molar-refractivity contribution >= 4 is 23.2 Å². The molecule has 0 aliphatic carbocycles. The highest BCUT2D eigenvalue weighted by Gasteiger charge is 2.22. The van der Waals surface area contributed by atoms with E-state index in [1.165, 1.54) is 11.1 Å². The molecule has 22 heavy (non-hydrogen) atoms. The van der Waals surface area contributed by atoms with E-state index in [4.69, 9.17) is 11.6 Å². The van der Waals surface area contributed by atoms with Crippen molar-refractivity contribution in [1.82, 2.24) is 9.78 Å². The van der Waals surface area contributed by atoms with Crippen molar-refractivity contribution in [3.8, 4) is 0 Å². The maximum Gasteiger partial charge on any atom is 0.250 e. The lowest BCUT2D eigenvalue weighted by Gasteiger charge is -2.22. The lowest BCUT2D eigenvalue weighted by molar-refractivity contribution is -0.114. The molecule has 0 spiro atoms. The van der Waals surface area contributed by atoms with Crippen molar-refractivity contribution < 1.29 is 13.6 Å². The number of halogens is 3. The van der Waals surface area contributed by atoms with Crippen LogP contribution >= 0.6 is 11.6 Å². The van der Waals surface area contributed by atoms with E-state index in [9.17, 15) is 13.6 Å². The van der Waals surface area contributed by atoms with Crippen LogP contribution in [0.3, 0.4) is 0 Å². The van der Waals surface area contributed by atoms with Crippen molar-refractivity contribution in [1.29, 1.82) is 0 Å². The molecule has 1 aromatic heterocycles. The number of rotatable bonds is 4. The van der Waals surface area contributed by atoms with E-state index in [1.54, 1.807) is 18.7 Å². The second kappa shape index (κ2) is 6.27. The minimum Gasteiger partial charge on any atom is -0.301 e. The van der Waals surface area contributed by atoms with Crippen LogP contribution in [0.25, 0.3) is 0 Å². The lowest BCUT2D eigenvalue weighted by atomic mass is 10.1. The van der Waals surface area contributed by atoms with E-state index >= 15 is 0 Å². The molecular weight excluding hydrogens is 312 g/mol. The number of aromatic nitrogens is 2. The van der Waals surface area contributed by atoms with Gasteiger partial charge in [0.25, 0.3) is 5.91 Å². The number of carbonyl (C=O) groups excluding carboxylic acids is 1. The predicted molar refractivity (Wildman–Crippen MR) is 80.7 cm³/mol. The number of aryl methyl sites for hydroxylation is 1. The Morgan fingerprint density at radius 3 is 2.64 bits per heavy atom. The Morgan fingerprint density at radius 1 is 1.45 bits per heavy atom. The molecule has 116 valence electrons.